The van der Waals surface area contributed by atoms with Crippen LogP contribution < -0.4 is 20.3 Å². The van der Waals surface area contributed by atoms with Gasteiger partial charge in [-0.15, -0.1) is 0 Å². The molecular weight excluding hydrogens is 483 g/mol. The Kier molecular flexibility index (Phi) is 6.21. The molecule has 1 aromatic carbocycles. The zero-order valence-electron chi connectivity index (χ0n) is 21.2. The van der Waals surface area contributed by atoms with Gasteiger partial charge in [0, 0.05) is 52.9 Å². The number of nitrogens with zero attached hydrogens (tertiary/aromatic N) is 4. The van der Waals surface area contributed by atoms with E-state index in [-0.39, 0.29) is 24.1 Å². The maximum absolute atomic E-state index is 14.9. The zero-order valence-corrected chi connectivity index (χ0v) is 21.2. The number of fused-ring (bicyclic) bond motifs is 1. The predicted octanol–water partition coefficient (Wildman–Crippen LogP) is 4.60. The number of nitrogens with one attached hydrogen (secondary N) is 2. The standard InChI is InChI=1S/C29H27FN6O2/c1-17-6-7-18(14-33-17)20-8-9-25(35-28(20)34-19-10-12-31-15-19)36-16-22-21(29(36)37)11-13-32-27(22)26-23(30)4-3-5-24(26)38-2/h3-9,11,13-14,19,31H,10,12,15-16H2,1-2H3,(H,34,35)/t19-/m1/s1. The van der Waals surface area contributed by atoms with Crippen LogP contribution in [0.2, 0.25) is 0 Å². The number of halogens is 1. The average molecular weight is 511 g/mol. The first kappa shape index (κ1) is 24.0. The maximum atomic E-state index is 14.9. The molecule has 0 aliphatic carbocycles. The first-order chi connectivity index (χ1) is 18.5. The fourth-order valence-electron chi connectivity index (χ4n) is 5.07. The van der Waals surface area contributed by atoms with Crippen molar-refractivity contribution in [3.05, 3.63) is 83.6 Å². The van der Waals surface area contributed by atoms with Crippen molar-refractivity contribution in [2.24, 2.45) is 0 Å². The fourth-order valence-corrected chi connectivity index (χ4v) is 5.07. The normalized spacial score (nSPS) is 16.6. The van der Waals surface area contributed by atoms with Crippen molar-refractivity contribution < 1.29 is 13.9 Å². The summed E-state index contributed by atoms with van der Waals surface area (Å²) in [7, 11) is 1.49. The topological polar surface area (TPSA) is 92.3 Å². The van der Waals surface area contributed by atoms with Crippen molar-refractivity contribution in [1.82, 2.24) is 20.3 Å². The number of anilines is 2. The number of hydrogen-bond donors (Lipinski definition) is 2. The molecule has 4 aromatic rings. The lowest BCUT2D eigenvalue weighted by Crippen LogP contribution is -2.26. The largest absolute Gasteiger partial charge is 0.496 e. The molecule has 9 heteroatoms. The quantitative estimate of drug-likeness (QED) is 0.392. The summed E-state index contributed by atoms with van der Waals surface area (Å²) in [4.78, 5) is 29.0. The van der Waals surface area contributed by atoms with Gasteiger partial charge in [0.25, 0.3) is 5.91 Å². The van der Waals surface area contributed by atoms with E-state index in [9.17, 15) is 9.18 Å². The van der Waals surface area contributed by atoms with Gasteiger partial charge in [-0.2, -0.15) is 0 Å². The second-order valence-electron chi connectivity index (χ2n) is 9.48. The first-order valence-corrected chi connectivity index (χ1v) is 12.6. The van der Waals surface area contributed by atoms with E-state index in [0.29, 0.717) is 34.2 Å². The number of pyridine rings is 3. The number of aryl methyl sites for hydroxylation is 1. The van der Waals surface area contributed by atoms with Crippen molar-refractivity contribution in [2.75, 3.05) is 30.4 Å². The zero-order chi connectivity index (χ0) is 26.2. The van der Waals surface area contributed by atoms with Gasteiger partial charge in [-0.05, 0) is 56.3 Å². The van der Waals surface area contributed by atoms with Gasteiger partial charge in [0.05, 0.1) is 24.9 Å². The Morgan fingerprint density at radius 1 is 1.11 bits per heavy atom. The smallest absolute Gasteiger partial charge is 0.260 e. The van der Waals surface area contributed by atoms with Gasteiger partial charge in [-0.1, -0.05) is 12.1 Å². The van der Waals surface area contributed by atoms with Crippen LogP contribution in [-0.2, 0) is 6.54 Å². The molecule has 0 bridgehead atoms. The van der Waals surface area contributed by atoms with Crippen LogP contribution in [0.5, 0.6) is 5.75 Å². The van der Waals surface area contributed by atoms with Gasteiger partial charge in [-0.25, -0.2) is 9.37 Å². The molecule has 1 atom stereocenters. The molecule has 8 nitrogen and oxygen atoms in total. The van der Waals surface area contributed by atoms with E-state index in [1.807, 2.05) is 37.4 Å². The van der Waals surface area contributed by atoms with Gasteiger partial charge in [0.15, 0.2) is 0 Å². The third-order valence-electron chi connectivity index (χ3n) is 7.06. The van der Waals surface area contributed by atoms with Crippen molar-refractivity contribution in [3.63, 3.8) is 0 Å². The van der Waals surface area contributed by atoms with Crippen LogP contribution >= 0.6 is 0 Å². The molecule has 3 aromatic heterocycles. The second-order valence-corrected chi connectivity index (χ2v) is 9.48. The number of ether oxygens (including phenoxy) is 1. The number of aromatic nitrogens is 3. The third-order valence-corrected chi connectivity index (χ3v) is 7.06. The van der Waals surface area contributed by atoms with Crippen LogP contribution in [-0.4, -0.2) is 47.1 Å². The maximum Gasteiger partial charge on any atom is 0.260 e. The number of carbonyl (C=O) groups is 1. The minimum Gasteiger partial charge on any atom is -0.496 e. The lowest BCUT2D eigenvalue weighted by Gasteiger charge is -2.20. The lowest BCUT2D eigenvalue weighted by atomic mass is 10.0. The van der Waals surface area contributed by atoms with Crippen molar-refractivity contribution >= 4 is 17.5 Å². The molecule has 2 aliphatic heterocycles. The monoisotopic (exact) mass is 510 g/mol. The summed E-state index contributed by atoms with van der Waals surface area (Å²) in [5, 5.41) is 6.93. The van der Waals surface area contributed by atoms with Gasteiger partial charge >= 0.3 is 0 Å². The molecule has 0 spiro atoms. The van der Waals surface area contributed by atoms with Crippen molar-refractivity contribution in [2.45, 2.75) is 25.9 Å². The lowest BCUT2D eigenvalue weighted by molar-refractivity contribution is 0.0996. The van der Waals surface area contributed by atoms with Crippen LogP contribution in [0.15, 0.2) is 60.9 Å². The molecule has 38 heavy (non-hydrogen) atoms. The van der Waals surface area contributed by atoms with E-state index >= 15 is 0 Å². The molecule has 5 heterocycles. The number of benzene rings is 1. The molecule has 192 valence electrons. The Labute approximate surface area is 219 Å². The summed E-state index contributed by atoms with van der Waals surface area (Å²) in [5.41, 5.74) is 4.54. The van der Waals surface area contributed by atoms with Crippen LogP contribution in [0.1, 0.15) is 28.0 Å². The number of carbonyl (C=O) groups excluding carboxylic acids is 1. The molecule has 0 unspecified atom stereocenters. The van der Waals surface area contributed by atoms with Crippen LogP contribution in [0.3, 0.4) is 0 Å². The molecule has 1 fully saturated rings. The molecule has 2 aliphatic rings. The Morgan fingerprint density at radius 2 is 2.00 bits per heavy atom. The highest BCUT2D eigenvalue weighted by Crippen LogP contribution is 2.39. The van der Waals surface area contributed by atoms with Crippen LogP contribution in [0.25, 0.3) is 22.4 Å². The molecule has 6 rings (SSSR count). The number of rotatable bonds is 6. The number of hydrogen-bond acceptors (Lipinski definition) is 7. The number of amides is 1. The second kappa shape index (κ2) is 9.83. The summed E-state index contributed by atoms with van der Waals surface area (Å²) >= 11 is 0. The van der Waals surface area contributed by atoms with Crippen LogP contribution in [0.4, 0.5) is 16.0 Å². The minimum absolute atomic E-state index is 0.204. The highest BCUT2D eigenvalue weighted by Gasteiger charge is 2.34. The summed E-state index contributed by atoms with van der Waals surface area (Å²) in [6, 6.07) is 14.3. The van der Waals surface area contributed by atoms with E-state index in [0.717, 1.165) is 36.3 Å². The molecule has 1 amide bonds. The molecule has 0 saturated carbocycles. The Morgan fingerprint density at radius 3 is 2.76 bits per heavy atom. The van der Waals surface area contributed by atoms with E-state index in [1.165, 1.54) is 19.4 Å². The highest BCUT2D eigenvalue weighted by molar-refractivity contribution is 6.11. The van der Waals surface area contributed by atoms with Gasteiger partial charge in [0.2, 0.25) is 0 Å². The summed E-state index contributed by atoms with van der Waals surface area (Å²) in [5.74, 6) is 0.906. The third kappa shape index (κ3) is 4.24. The molecular formula is C29H27FN6O2. The van der Waals surface area contributed by atoms with Crippen LogP contribution in [0, 0.1) is 12.7 Å². The minimum atomic E-state index is -0.456. The van der Waals surface area contributed by atoms with Crippen molar-refractivity contribution in [1.29, 1.82) is 0 Å². The van der Waals surface area contributed by atoms with E-state index < -0.39 is 5.82 Å². The van der Waals surface area contributed by atoms with Gasteiger partial charge in [-0.3, -0.25) is 19.7 Å². The molecule has 1 saturated heterocycles. The van der Waals surface area contributed by atoms with E-state index in [2.05, 4.69) is 20.6 Å². The highest BCUT2D eigenvalue weighted by atomic mass is 19.1. The van der Waals surface area contributed by atoms with Crippen molar-refractivity contribution in [3.8, 4) is 28.1 Å². The average Bonchev–Trinajstić information content (AvgIpc) is 3.57. The predicted molar refractivity (Wildman–Crippen MR) is 144 cm³/mol. The Bertz CT molecular complexity index is 1520. The van der Waals surface area contributed by atoms with E-state index in [4.69, 9.17) is 9.72 Å². The fraction of sp³-hybridized carbons (Fsp3) is 0.241. The van der Waals surface area contributed by atoms with E-state index in [1.54, 1.807) is 23.1 Å². The molecule has 0 radical (unpaired) electrons. The number of methoxy groups -OCH3 is 1. The summed E-state index contributed by atoms with van der Waals surface area (Å²) < 4.78 is 20.3. The van der Waals surface area contributed by atoms with Gasteiger partial charge in [0.1, 0.15) is 23.2 Å². The van der Waals surface area contributed by atoms with Gasteiger partial charge < -0.3 is 15.4 Å². The first-order valence-electron chi connectivity index (χ1n) is 12.6. The summed E-state index contributed by atoms with van der Waals surface area (Å²) in [6.07, 6.45) is 4.34. The Hall–Kier alpha value is -4.37. The summed E-state index contributed by atoms with van der Waals surface area (Å²) in [6.45, 7) is 3.95. The Balaban J connectivity index is 1.40. The molecule has 2 N–H and O–H groups in total. The SMILES string of the molecule is COc1cccc(F)c1-c1nccc2c1CN(c1ccc(-c3ccc(C)nc3)c(N[C@@H]3CCNC3)n1)C2=O.